The topological polar surface area (TPSA) is 51.8 Å². The molecule has 1 rings (SSSR count). The van der Waals surface area contributed by atoms with Gasteiger partial charge in [0.1, 0.15) is 6.33 Å². The highest BCUT2D eigenvalue weighted by Crippen LogP contribution is 2.08. The summed E-state index contributed by atoms with van der Waals surface area (Å²) in [5.41, 5.74) is 6.72. The number of hydrogen-bond donors (Lipinski definition) is 1. The second-order valence-corrected chi connectivity index (χ2v) is 2.19. The van der Waals surface area contributed by atoms with Crippen molar-refractivity contribution in [2.24, 2.45) is 5.73 Å². The van der Waals surface area contributed by atoms with Gasteiger partial charge in [-0.1, -0.05) is 6.92 Å². The standard InChI is InChI=1S/C7H11N3/c1-2-7(8)6-3-9-5-10-4-6/h3-5,7H,2,8H2,1H3/t7-/m1/s1. The molecule has 1 atom stereocenters. The van der Waals surface area contributed by atoms with Gasteiger partial charge in [-0.05, 0) is 6.42 Å². The maximum absolute atomic E-state index is 5.71. The van der Waals surface area contributed by atoms with E-state index in [4.69, 9.17) is 5.73 Å². The average Bonchev–Trinajstić information content (AvgIpc) is 2.05. The lowest BCUT2D eigenvalue weighted by Crippen LogP contribution is -2.08. The van der Waals surface area contributed by atoms with E-state index in [1.54, 1.807) is 12.4 Å². The quantitative estimate of drug-likeness (QED) is 0.658. The Morgan fingerprint density at radius 1 is 1.50 bits per heavy atom. The third-order valence-corrected chi connectivity index (χ3v) is 1.45. The molecule has 0 saturated carbocycles. The summed E-state index contributed by atoms with van der Waals surface area (Å²) >= 11 is 0. The second kappa shape index (κ2) is 3.27. The zero-order valence-corrected chi connectivity index (χ0v) is 5.99. The molecule has 0 aliphatic rings. The molecule has 0 aromatic carbocycles. The molecule has 0 saturated heterocycles. The van der Waals surface area contributed by atoms with E-state index in [1.165, 1.54) is 6.33 Å². The molecule has 0 radical (unpaired) electrons. The van der Waals surface area contributed by atoms with Crippen molar-refractivity contribution in [2.45, 2.75) is 19.4 Å². The highest BCUT2D eigenvalue weighted by molar-refractivity contribution is 5.07. The summed E-state index contributed by atoms with van der Waals surface area (Å²) in [6.07, 6.45) is 5.93. The lowest BCUT2D eigenvalue weighted by Gasteiger charge is -2.05. The maximum Gasteiger partial charge on any atom is 0.115 e. The van der Waals surface area contributed by atoms with Crippen LogP contribution in [0.15, 0.2) is 18.7 Å². The van der Waals surface area contributed by atoms with Gasteiger partial charge in [0.15, 0.2) is 0 Å². The monoisotopic (exact) mass is 137 g/mol. The third kappa shape index (κ3) is 1.51. The molecule has 0 aliphatic heterocycles. The van der Waals surface area contributed by atoms with Crippen LogP contribution in [-0.2, 0) is 0 Å². The van der Waals surface area contributed by atoms with Gasteiger partial charge in [0, 0.05) is 24.0 Å². The van der Waals surface area contributed by atoms with E-state index >= 15 is 0 Å². The number of hydrogen-bond acceptors (Lipinski definition) is 3. The van der Waals surface area contributed by atoms with Gasteiger partial charge in [-0.25, -0.2) is 9.97 Å². The molecule has 10 heavy (non-hydrogen) atoms. The molecule has 0 fully saturated rings. The van der Waals surface area contributed by atoms with Crippen LogP contribution in [0, 0.1) is 0 Å². The van der Waals surface area contributed by atoms with Crippen LogP contribution < -0.4 is 5.73 Å². The lowest BCUT2D eigenvalue weighted by molar-refractivity contribution is 0.690. The molecule has 0 amide bonds. The Morgan fingerprint density at radius 2 is 2.10 bits per heavy atom. The van der Waals surface area contributed by atoms with Crippen LogP contribution in [0.25, 0.3) is 0 Å². The number of nitrogens with zero attached hydrogens (tertiary/aromatic N) is 2. The SMILES string of the molecule is CC[C@@H](N)c1cncnc1. The average molecular weight is 137 g/mol. The first-order valence-corrected chi connectivity index (χ1v) is 3.35. The van der Waals surface area contributed by atoms with Gasteiger partial charge in [0.05, 0.1) is 0 Å². The van der Waals surface area contributed by atoms with Gasteiger partial charge in [-0.15, -0.1) is 0 Å². The summed E-state index contributed by atoms with van der Waals surface area (Å²) in [4.78, 5) is 7.73. The molecule has 0 aliphatic carbocycles. The lowest BCUT2D eigenvalue weighted by atomic mass is 10.1. The van der Waals surface area contributed by atoms with Crippen molar-refractivity contribution in [1.29, 1.82) is 0 Å². The third-order valence-electron chi connectivity index (χ3n) is 1.45. The van der Waals surface area contributed by atoms with Crippen molar-refractivity contribution in [1.82, 2.24) is 9.97 Å². The van der Waals surface area contributed by atoms with Gasteiger partial charge in [0.25, 0.3) is 0 Å². The zero-order chi connectivity index (χ0) is 7.40. The summed E-state index contributed by atoms with van der Waals surface area (Å²) in [6.45, 7) is 2.04. The minimum absolute atomic E-state index is 0.0844. The first kappa shape index (κ1) is 7.15. The van der Waals surface area contributed by atoms with Crippen LogP contribution in [-0.4, -0.2) is 9.97 Å². The summed E-state index contributed by atoms with van der Waals surface area (Å²) in [5, 5.41) is 0. The Hall–Kier alpha value is -0.960. The van der Waals surface area contributed by atoms with E-state index < -0.39 is 0 Å². The van der Waals surface area contributed by atoms with Crippen LogP contribution >= 0.6 is 0 Å². The van der Waals surface area contributed by atoms with Crippen molar-refractivity contribution in [3.05, 3.63) is 24.3 Å². The molecule has 3 heteroatoms. The number of aromatic nitrogens is 2. The summed E-state index contributed by atoms with van der Waals surface area (Å²) < 4.78 is 0. The number of rotatable bonds is 2. The van der Waals surface area contributed by atoms with E-state index in [0.717, 1.165) is 12.0 Å². The molecule has 0 spiro atoms. The Labute approximate surface area is 60.3 Å². The van der Waals surface area contributed by atoms with E-state index in [0.29, 0.717) is 0 Å². The van der Waals surface area contributed by atoms with Crippen molar-refractivity contribution in [2.75, 3.05) is 0 Å². The molecule has 3 nitrogen and oxygen atoms in total. The summed E-state index contributed by atoms with van der Waals surface area (Å²) in [6, 6.07) is 0.0844. The molecule has 1 heterocycles. The van der Waals surface area contributed by atoms with E-state index in [-0.39, 0.29) is 6.04 Å². The first-order chi connectivity index (χ1) is 4.84. The predicted molar refractivity (Wildman–Crippen MR) is 39.3 cm³/mol. The van der Waals surface area contributed by atoms with Crippen LogP contribution in [0.1, 0.15) is 24.9 Å². The Kier molecular flexibility index (Phi) is 2.34. The Balaban J connectivity index is 2.75. The minimum Gasteiger partial charge on any atom is -0.324 e. The van der Waals surface area contributed by atoms with Crippen molar-refractivity contribution in [3.8, 4) is 0 Å². The Bertz CT molecular complexity index is 185. The summed E-state index contributed by atoms with van der Waals surface area (Å²) in [7, 11) is 0. The molecule has 0 bridgehead atoms. The van der Waals surface area contributed by atoms with Crippen molar-refractivity contribution in [3.63, 3.8) is 0 Å². The normalized spacial score (nSPS) is 13.0. The Morgan fingerprint density at radius 3 is 2.60 bits per heavy atom. The molecule has 1 aromatic heterocycles. The maximum atomic E-state index is 5.71. The van der Waals surface area contributed by atoms with Crippen LogP contribution in [0.2, 0.25) is 0 Å². The summed E-state index contributed by atoms with van der Waals surface area (Å²) in [5.74, 6) is 0. The largest absolute Gasteiger partial charge is 0.324 e. The van der Waals surface area contributed by atoms with Gasteiger partial charge in [-0.2, -0.15) is 0 Å². The fourth-order valence-electron chi connectivity index (χ4n) is 0.738. The van der Waals surface area contributed by atoms with Gasteiger partial charge >= 0.3 is 0 Å². The van der Waals surface area contributed by atoms with E-state index in [2.05, 4.69) is 9.97 Å². The van der Waals surface area contributed by atoms with Crippen LogP contribution in [0.5, 0.6) is 0 Å². The van der Waals surface area contributed by atoms with E-state index in [9.17, 15) is 0 Å². The zero-order valence-electron chi connectivity index (χ0n) is 5.99. The van der Waals surface area contributed by atoms with Crippen LogP contribution in [0.4, 0.5) is 0 Å². The predicted octanol–water partition coefficient (Wildman–Crippen LogP) is 0.886. The van der Waals surface area contributed by atoms with Crippen molar-refractivity contribution < 1.29 is 0 Å². The molecule has 0 unspecified atom stereocenters. The second-order valence-electron chi connectivity index (χ2n) is 2.19. The van der Waals surface area contributed by atoms with Gasteiger partial charge < -0.3 is 5.73 Å². The molecular weight excluding hydrogens is 126 g/mol. The van der Waals surface area contributed by atoms with Gasteiger partial charge in [0.2, 0.25) is 0 Å². The highest BCUT2D eigenvalue weighted by Gasteiger charge is 2.00. The van der Waals surface area contributed by atoms with E-state index in [1.807, 2.05) is 6.92 Å². The first-order valence-electron chi connectivity index (χ1n) is 3.35. The number of nitrogens with two attached hydrogens (primary N) is 1. The minimum atomic E-state index is 0.0844. The molecule has 54 valence electrons. The van der Waals surface area contributed by atoms with Crippen molar-refractivity contribution >= 4 is 0 Å². The van der Waals surface area contributed by atoms with Crippen LogP contribution in [0.3, 0.4) is 0 Å². The highest BCUT2D eigenvalue weighted by atomic mass is 14.8. The molecule has 1 aromatic rings. The molecular formula is C7H11N3. The van der Waals surface area contributed by atoms with Gasteiger partial charge in [-0.3, -0.25) is 0 Å². The molecule has 2 N–H and O–H groups in total. The fourth-order valence-corrected chi connectivity index (χ4v) is 0.738. The fraction of sp³-hybridized carbons (Fsp3) is 0.429. The smallest absolute Gasteiger partial charge is 0.115 e.